The highest BCUT2D eigenvalue weighted by Gasteiger charge is 2.20. The summed E-state index contributed by atoms with van der Waals surface area (Å²) in [5.74, 6) is 0. The molecule has 1 aliphatic rings. The Morgan fingerprint density at radius 2 is 2.50 bits per heavy atom. The van der Waals surface area contributed by atoms with E-state index in [1.165, 1.54) is 30.5 Å². The molecule has 0 radical (unpaired) electrons. The lowest BCUT2D eigenvalue weighted by molar-refractivity contribution is 0.458. The van der Waals surface area contributed by atoms with E-state index in [0.29, 0.717) is 6.04 Å². The highest BCUT2D eigenvalue weighted by atomic mass is 15.1. The van der Waals surface area contributed by atoms with E-state index >= 15 is 0 Å². The van der Waals surface area contributed by atoms with E-state index < -0.39 is 0 Å². The lowest BCUT2D eigenvalue weighted by atomic mass is 9.98. The first-order chi connectivity index (χ1) is 6.95. The molecule has 3 rings (SSSR count). The largest absolute Gasteiger partial charge is 0.367 e. The lowest BCUT2D eigenvalue weighted by Crippen LogP contribution is -2.17. The van der Waals surface area contributed by atoms with Gasteiger partial charge in [-0.05, 0) is 30.9 Å². The number of hydrogen-bond acceptors (Lipinski definition) is 1. The lowest BCUT2D eigenvalue weighted by Gasteiger charge is -2.24. The zero-order valence-corrected chi connectivity index (χ0v) is 7.98. The molecule has 1 aliphatic heterocycles. The van der Waals surface area contributed by atoms with Crippen molar-refractivity contribution in [3.63, 3.8) is 0 Å². The van der Waals surface area contributed by atoms with Gasteiger partial charge < -0.3 is 9.55 Å². The number of H-pyrrole nitrogens is 1. The molecule has 2 aromatic heterocycles. The maximum absolute atomic E-state index is 4.22. The van der Waals surface area contributed by atoms with Gasteiger partial charge in [-0.2, -0.15) is 0 Å². The first kappa shape index (κ1) is 7.85. The Balaban J connectivity index is 2.04. The molecule has 2 aromatic rings. The highest BCUT2D eigenvalue weighted by Crippen LogP contribution is 2.29. The van der Waals surface area contributed by atoms with Crippen LogP contribution in [0.4, 0.5) is 0 Å². The first-order valence-corrected chi connectivity index (χ1v) is 5.08. The van der Waals surface area contributed by atoms with Crippen LogP contribution in [0.25, 0.3) is 0 Å². The van der Waals surface area contributed by atoms with E-state index in [0.717, 1.165) is 0 Å². The molecule has 0 aromatic carbocycles. The van der Waals surface area contributed by atoms with E-state index in [-0.39, 0.29) is 0 Å². The highest BCUT2D eigenvalue weighted by molar-refractivity contribution is 5.19. The summed E-state index contributed by atoms with van der Waals surface area (Å²) in [5, 5.41) is 0. The second-order valence-corrected chi connectivity index (χ2v) is 3.84. The van der Waals surface area contributed by atoms with Crippen LogP contribution in [-0.4, -0.2) is 14.5 Å². The molecule has 3 heteroatoms. The molecular formula is C11H13N3. The molecule has 0 fully saturated rings. The Morgan fingerprint density at radius 1 is 1.50 bits per heavy atom. The Hall–Kier alpha value is -1.51. The first-order valence-electron chi connectivity index (χ1n) is 5.08. The van der Waals surface area contributed by atoms with Crippen LogP contribution in [0.2, 0.25) is 0 Å². The number of hydrogen-bond donors (Lipinski definition) is 1. The fourth-order valence-electron chi connectivity index (χ4n) is 2.29. The second-order valence-electron chi connectivity index (χ2n) is 3.84. The molecule has 3 heterocycles. The predicted molar refractivity (Wildman–Crippen MR) is 54.1 cm³/mol. The van der Waals surface area contributed by atoms with Gasteiger partial charge >= 0.3 is 0 Å². The molecular weight excluding hydrogens is 174 g/mol. The van der Waals surface area contributed by atoms with Crippen LogP contribution in [0.5, 0.6) is 0 Å². The van der Waals surface area contributed by atoms with E-state index in [1.807, 2.05) is 18.7 Å². The van der Waals surface area contributed by atoms with Crippen molar-refractivity contribution >= 4 is 0 Å². The standard InChI is InChI=1S/C11H13N3/c1-2-10-7-13-8-14(10)11(3-1)9-4-5-12-6-9/h4-8,11-12H,1-3H2. The van der Waals surface area contributed by atoms with Gasteiger partial charge in [0.15, 0.2) is 0 Å². The second kappa shape index (κ2) is 3.01. The molecule has 0 aliphatic carbocycles. The molecule has 72 valence electrons. The number of nitrogens with zero attached hydrogens (tertiary/aromatic N) is 2. The van der Waals surface area contributed by atoms with Gasteiger partial charge in [-0.15, -0.1) is 0 Å². The normalized spacial score (nSPS) is 20.7. The summed E-state index contributed by atoms with van der Waals surface area (Å²) < 4.78 is 2.30. The molecule has 0 spiro atoms. The van der Waals surface area contributed by atoms with Crippen LogP contribution in [0.3, 0.4) is 0 Å². The number of nitrogens with one attached hydrogen (secondary N) is 1. The topological polar surface area (TPSA) is 33.6 Å². The van der Waals surface area contributed by atoms with E-state index in [2.05, 4.69) is 26.8 Å². The van der Waals surface area contributed by atoms with Crippen molar-refractivity contribution < 1.29 is 0 Å². The third-order valence-electron chi connectivity index (χ3n) is 3.00. The zero-order valence-electron chi connectivity index (χ0n) is 7.98. The summed E-state index contributed by atoms with van der Waals surface area (Å²) in [4.78, 5) is 7.33. The zero-order chi connectivity index (χ0) is 9.38. The smallest absolute Gasteiger partial charge is 0.0953 e. The number of rotatable bonds is 1. The molecule has 0 bridgehead atoms. The SMILES string of the molecule is c1cc(C2CCCc3cncn32)c[nH]1. The van der Waals surface area contributed by atoms with Crippen molar-refractivity contribution in [2.75, 3.05) is 0 Å². The quantitative estimate of drug-likeness (QED) is 0.729. The van der Waals surface area contributed by atoms with Crippen molar-refractivity contribution in [1.29, 1.82) is 0 Å². The van der Waals surface area contributed by atoms with Crippen LogP contribution >= 0.6 is 0 Å². The molecule has 0 saturated carbocycles. The van der Waals surface area contributed by atoms with Crippen molar-refractivity contribution in [1.82, 2.24) is 14.5 Å². The molecule has 1 N–H and O–H groups in total. The fourth-order valence-corrected chi connectivity index (χ4v) is 2.29. The summed E-state index contributed by atoms with van der Waals surface area (Å²) in [6, 6.07) is 2.65. The van der Waals surface area contributed by atoms with Crippen LogP contribution in [0, 0.1) is 0 Å². The maximum atomic E-state index is 4.22. The fraction of sp³-hybridized carbons (Fsp3) is 0.364. The van der Waals surface area contributed by atoms with Crippen molar-refractivity contribution in [3.8, 4) is 0 Å². The van der Waals surface area contributed by atoms with Gasteiger partial charge in [-0.25, -0.2) is 4.98 Å². The molecule has 0 amide bonds. The molecule has 1 unspecified atom stereocenters. The average Bonchev–Trinajstić information content (AvgIpc) is 2.88. The summed E-state index contributed by atoms with van der Waals surface area (Å²) in [7, 11) is 0. The minimum Gasteiger partial charge on any atom is -0.367 e. The summed E-state index contributed by atoms with van der Waals surface area (Å²) >= 11 is 0. The Morgan fingerprint density at radius 3 is 3.36 bits per heavy atom. The minimum absolute atomic E-state index is 0.493. The molecule has 14 heavy (non-hydrogen) atoms. The number of imidazole rings is 1. The Bertz CT molecular complexity index is 413. The third-order valence-corrected chi connectivity index (χ3v) is 3.00. The Labute approximate surface area is 82.8 Å². The number of aromatic amines is 1. The van der Waals surface area contributed by atoms with Gasteiger partial charge in [0, 0.05) is 24.3 Å². The van der Waals surface area contributed by atoms with E-state index in [1.54, 1.807) is 0 Å². The van der Waals surface area contributed by atoms with Crippen molar-refractivity contribution in [2.45, 2.75) is 25.3 Å². The van der Waals surface area contributed by atoms with Gasteiger partial charge in [-0.1, -0.05) is 0 Å². The summed E-state index contributed by atoms with van der Waals surface area (Å²) in [5.41, 5.74) is 2.73. The van der Waals surface area contributed by atoms with Crippen LogP contribution < -0.4 is 0 Å². The van der Waals surface area contributed by atoms with Gasteiger partial charge in [0.05, 0.1) is 12.4 Å². The molecule has 1 atom stereocenters. The molecule has 3 nitrogen and oxygen atoms in total. The van der Waals surface area contributed by atoms with Crippen LogP contribution in [-0.2, 0) is 6.42 Å². The van der Waals surface area contributed by atoms with E-state index in [9.17, 15) is 0 Å². The van der Waals surface area contributed by atoms with Gasteiger partial charge in [0.1, 0.15) is 0 Å². The van der Waals surface area contributed by atoms with Crippen LogP contribution in [0.1, 0.15) is 30.1 Å². The maximum Gasteiger partial charge on any atom is 0.0953 e. The summed E-state index contributed by atoms with van der Waals surface area (Å²) in [6.45, 7) is 0. The van der Waals surface area contributed by atoms with Crippen molar-refractivity contribution in [2.24, 2.45) is 0 Å². The number of aromatic nitrogens is 3. The van der Waals surface area contributed by atoms with Crippen LogP contribution in [0.15, 0.2) is 31.0 Å². The minimum atomic E-state index is 0.493. The van der Waals surface area contributed by atoms with Gasteiger partial charge in [0.25, 0.3) is 0 Å². The van der Waals surface area contributed by atoms with Crippen molar-refractivity contribution in [3.05, 3.63) is 42.2 Å². The van der Waals surface area contributed by atoms with Gasteiger partial charge in [0.2, 0.25) is 0 Å². The number of fused-ring (bicyclic) bond motifs is 1. The third kappa shape index (κ3) is 1.09. The van der Waals surface area contributed by atoms with E-state index in [4.69, 9.17) is 0 Å². The summed E-state index contributed by atoms with van der Waals surface area (Å²) in [6.07, 6.45) is 11.7. The molecule has 0 saturated heterocycles. The van der Waals surface area contributed by atoms with Gasteiger partial charge in [-0.3, -0.25) is 0 Å². The monoisotopic (exact) mass is 187 g/mol. The number of aryl methyl sites for hydroxylation is 1. The average molecular weight is 187 g/mol. The predicted octanol–water partition coefficient (Wildman–Crippen LogP) is 2.14. The Kier molecular flexibility index (Phi) is 1.69.